The summed E-state index contributed by atoms with van der Waals surface area (Å²) in [7, 11) is 0. The van der Waals surface area contributed by atoms with Crippen molar-refractivity contribution in [2.45, 2.75) is 316 Å². The Balaban J connectivity index is 4.27. The number of hydrogen-bond acceptors (Lipinski definition) is 6. The molecule has 0 heterocycles. The van der Waals surface area contributed by atoms with Gasteiger partial charge in [-0.25, -0.2) is 0 Å². The van der Waals surface area contributed by atoms with Crippen LogP contribution in [0.25, 0.3) is 0 Å². The van der Waals surface area contributed by atoms with Gasteiger partial charge >= 0.3 is 17.9 Å². The fourth-order valence-electron chi connectivity index (χ4n) is 9.05. The number of unbranched alkanes of at least 4 members (excludes halogenated alkanes) is 31. The summed E-state index contributed by atoms with van der Waals surface area (Å²) in [5.74, 6) is -0.899. The largest absolute Gasteiger partial charge is 0.462 e. The molecule has 0 saturated heterocycles. The number of allylic oxidation sites excluding steroid dienone is 16. The summed E-state index contributed by atoms with van der Waals surface area (Å²) >= 11 is 0. The smallest absolute Gasteiger partial charge is 0.306 e. The summed E-state index contributed by atoms with van der Waals surface area (Å²) in [6, 6.07) is 0. The molecule has 0 aromatic carbocycles. The molecule has 0 amide bonds. The normalized spacial score (nSPS) is 12.7. The summed E-state index contributed by atoms with van der Waals surface area (Å²) < 4.78 is 16.9. The van der Waals surface area contributed by atoms with Crippen LogP contribution >= 0.6 is 0 Å². The van der Waals surface area contributed by atoms with E-state index in [-0.39, 0.29) is 31.1 Å². The molecule has 0 aliphatic rings. The molecular formula is C70H120O6. The van der Waals surface area contributed by atoms with Crippen LogP contribution in [-0.2, 0) is 28.6 Å². The predicted octanol–water partition coefficient (Wildman–Crippen LogP) is 22.0. The van der Waals surface area contributed by atoms with Gasteiger partial charge in [-0.1, -0.05) is 304 Å². The maximum Gasteiger partial charge on any atom is 0.306 e. The molecule has 0 N–H and O–H groups in total. The Bertz CT molecular complexity index is 1490. The van der Waals surface area contributed by atoms with Gasteiger partial charge in [0.25, 0.3) is 0 Å². The number of ether oxygens (including phenoxy) is 3. The highest BCUT2D eigenvalue weighted by Crippen LogP contribution is 2.17. The third-order valence-corrected chi connectivity index (χ3v) is 13.9. The fraction of sp³-hybridized carbons (Fsp3) is 0.729. The molecule has 76 heavy (non-hydrogen) atoms. The topological polar surface area (TPSA) is 78.9 Å². The zero-order valence-electron chi connectivity index (χ0n) is 50.0. The summed E-state index contributed by atoms with van der Waals surface area (Å²) in [4.78, 5) is 38.2. The van der Waals surface area contributed by atoms with Gasteiger partial charge < -0.3 is 14.2 Å². The van der Waals surface area contributed by atoms with E-state index in [1.807, 2.05) is 0 Å². The second-order valence-corrected chi connectivity index (χ2v) is 21.3. The lowest BCUT2D eigenvalue weighted by molar-refractivity contribution is -0.167. The van der Waals surface area contributed by atoms with E-state index < -0.39 is 6.10 Å². The average molecular weight is 1060 g/mol. The highest BCUT2D eigenvalue weighted by Gasteiger charge is 2.19. The quantitative estimate of drug-likeness (QED) is 0.0261. The number of hydrogen-bond donors (Lipinski definition) is 0. The number of carbonyl (C=O) groups excluding carboxylic acids is 3. The maximum atomic E-state index is 12.9. The van der Waals surface area contributed by atoms with Crippen molar-refractivity contribution >= 4 is 17.9 Å². The summed E-state index contributed by atoms with van der Waals surface area (Å²) in [5, 5.41) is 0. The Hall–Kier alpha value is -3.67. The molecule has 0 saturated carbocycles. The lowest BCUT2D eigenvalue weighted by atomic mass is 10.0. The van der Waals surface area contributed by atoms with Gasteiger partial charge in [0, 0.05) is 19.3 Å². The van der Waals surface area contributed by atoms with E-state index in [1.165, 1.54) is 148 Å². The molecule has 6 nitrogen and oxygen atoms in total. The highest BCUT2D eigenvalue weighted by molar-refractivity contribution is 5.71. The van der Waals surface area contributed by atoms with Gasteiger partial charge in [0.15, 0.2) is 6.10 Å². The van der Waals surface area contributed by atoms with Crippen LogP contribution in [0.3, 0.4) is 0 Å². The van der Waals surface area contributed by atoms with Gasteiger partial charge in [0.05, 0.1) is 0 Å². The first-order valence-corrected chi connectivity index (χ1v) is 32.2. The molecule has 0 aliphatic carbocycles. The third kappa shape index (κ3) is 61.2. The Kier molecular flexibility index (Phi) is 60.8. The lowest BCUT2D eigenvalue weighted by Gasteiger charge is -2.18. The van der Waals surface area contributed by atoms with Crippen molar-refractivity contribution in [3.8, 4) is 0 Å². The Labute approximate surface area is 470 Å². The van der Waals surface area contributed by atoms with Crippen LogP contribution in [0.4, 0.5) is 0 Å². The van der Waals surface area contributed by atoms with E-state index in [1.54, 1.807) is 0 Å². The lowest BCUT2D eigenvalue weighted by Crippen LogP contribution is -2.30. The van der Waals surface area contributed by atoms with E-state index in [0.717, 1.165) is 122 Å². The Morgan fingerprint density at radius 3 is 0.803 bits per heavy atom. The first-order chi connectivity index (χ1) is 37.5. The van der Waals surface area contributed by atoms with E-state index in [4.69, 9.17) is 14.2 Å². The van der Waals surface area contributed by atoms with Crippen LogP contribution in [0.1, 0.15) is 310 Å². The summed E-state index contributed by atoms with van der Waals surface area (Å²) in [5.41, 5.74) is 0. The molecule has 0 aliphatic heterocycles. The maximum absolute atomic E-state index is 12.9. The van der Waals surface area contributed by atoms with Crippen molar-refractivity contribution in [1.82, 2.24) is 0 Å². The molecule has 0 spiro atoms. The minimum atomic E-state index is -0.785. The molecule has 1 unspecified atom stereocenters. The molecule has 0 aromatic rings. The predicted molar refractivity (Wildman–Crippen MR) is 330 cm³/mol. The first-order valence-electron chi connectivity index (χ1n) is 32.2. The molecular weight excluding hydrogens is 937 g/mol. The van der Waals surface area contributed by atoms with Crippen molar-refractivity contribution in [2.75, 3.05) is 13.2 Å². The van der Waals surface area contributed by atoms with Gasteiger partial charge in [0.1, 0.15) is 13.2 Å². The summed E-state index contributed by atoms with van der Waals surface area (Å²) in [6.07, 6.45) is 85.7. The zero-order chi connectivity index (χ0) is 55.0. The van der Waals surface area contributed by atoms with E-state index in [2.05, 4.69) is 118 Å². The van der Waals surface area contributed by atoms with Crippen LogP contribution in [-0.4, -0.2) is 37.2 Å². The third-order valence-electron chi connectivity index (χ3n) is 13.9. The van der Waals surface area contributed by atoms with Crippen LogP contribution in [0.2, 0.25) is 0 Å². The van der Waals surface area contributed by atoms with Crippen LogP contribution in [0, 0.1) is 0 Å². The second-order valence-electron chi connectivity index (χ2n) is 21.3. The van der Waals surface area contributed by atoms with Gasteiger partial charge in [-0.15, -0.1) is 0 Å². The highest BCUT2D eigenvalue weighted by atomic mass is 16.6. The Morgan fingerprint density at radius 2 is 0.513 bits per heavy atom. The molecule has 0 aromatic heterocycles. The molecule has 0 radical (unpaired) electrons. The van der Waals surface area contributed by atoms with Crippen molar-refractivity contribution < 1.29 is 28.6 Å². The van der Waals surface area contributed by atoms with Gasteiger partial charge in [-0.3, -0.25) is 14.4 Å². The van der Waals surface area contributed by atoms with Gasteiger partial charge in [0.2, 0.25) is 0 Å². The number of carbonyl (C=O) groups is 3. The molecule has 1 atom stereocenters. The fourth-order valence-corrected chi connectivity index (χ4v) is 9.05. The van der Waals surface area contributed by atoms with Crippen molar-refractivity contribution in [1.29, 1.82) is 0 Å². The van der Waals surface area contributed by atoms with E-state index >= 15 is 0 Å². The molecule has 0 fully saturated rings. The van der Waals surface area contributed by atoms with Gasteiger partial charge in [-0.05, 0) is 83.5 Å². The SMILES string of the molecule is CC/C=C\C/C=C\C/C=C\C/C=C\C/C=C\C/C=C\C/C=C\C/C=C\CCCCCCC(=O)OCC(COC(=O)CCCCCCCCCCC)OC(=O)CCCCCCCCCCCCCCCCCCCCCC. The standard InChI is InChI=1S/C70H120O6/c1-4-7-10-13-16-19-21-23-25-27-29-31-32-33-34-35-36-37-38-39-41-42-44-46-48-51-54-57-60-63-69(72)75-66-67(65-74-68(71)62-59-56-53-50-18-15-12-9-6-3)76-70(73)64-61-58-55-52-49-47-45-43-40-30-28-26-24-22-20-17-14-11-8-5-2/h7,10,16,19,23,25,29,31,33-34,36-37,39,41,44,46,67H,4-6,8-9,11-15,17-18,20-22,24,26-28,30,32,35,38,40,42-43,45,47-66H2,1-3H3/b10-7-,19-16-,25-23-,31-29-,34-33-,37-36-,41-39-,46-44-. The first kappa shape index (κ1) is 72.3. The van der Waals surface area contributed by atoms with Crippen molar-refractivity contribution in [3.05, 3.63) is 97.2 Å². The van der Waals surface area contributed by atoms with Crippen LogP contribution in [0.15, 0.2) is 97.2 Å². The van der Waals surface area contributed by atoms with E-state index in [0.29, 0.717) is 19.3 Å². The summed E-state index contributed by atoms with van der Waals surface area (Å²) in [6.45, 7) is 6.52. The molecule has 6 heteroatoms. The average Bonchev–Trinajstić information content (AvgIpc) is 3.42. The zero-order valence-corrected chi connectivity index (χ0v) is 50.0. The van der Waals surface area contributed by atoms with E-state index in [9.17, 15) is 14.4 Å². The second kappa shape index (κ2) is 63.9. The molecule has 436 valence electrons. The van der Waals surface area contributed by atoms with Crippen molar-refractivity contribution in [2.24, 2.45) is 0 Å². The van der Waals surface area contributed by atoms with Crippen LogP contribution < -0.4 is 0 Å². The Morgan fingerprint density at radius 1 is 0.276 bits per heavy atom. The molecule has 0 rings (SSSR count). The van der Waals surface area contributed by atoms with Gasteiger partial charge in [-0.2, -0.15) is 0 Å². The number of rotatable bonds is 58. The van der Waals surface area contributed by atoms with Crippen LogP contribution in [0.5, 0.6) is 0 Å². The minimum absolute atomic E-state index is 0.0820. The monoisotopic (exact) mass is 1060 g/mol. The van der Waals surface area contributed by atoms with Crippen molar-refractivity contribution in [3.63, 3.8) is 0 Å². The molecule has 0 bridgehead atoms. The number of esters is 3. The minimum Gasteiger partial charge on any atom is -0.462 e.